The van der Waals surface area contributed by atoms with E-state index in [9.17, 15) is 14.7 Å². The van der Waals surface area contributed by atoms with Gasteiger partial charge in [0.1, 0.15) is 5.75 Å². The minimum absolute atomic E-state index is 0.0767. The molecule has 146 valence electrons. The third-order valence-corrected chi connectivity index (χ3v) is 5.20. The Kier molecular flexibility index (Phi) is 5.87. The van der Waals surface area contributed by atoms with E-state index in [4.69, 9.17) is 9.31 Å². The first-order valence-corrected chi connectivity index (χ1v) is 8.99. The number of nitrogens with one attached hydrogen (secondary N) is 1. The molecule has 1 fully saturated rings. The first kappa shape index (κ1) is 21.2. The van der Waals surface area contributed by atoms with Crippen molar-refractivity contribution in [3.05, 3.63) is 34.3 Å². The standard InChI is InChI=1S/C20H28BNO5/c1-12-8-17(13(2)23)18(25)10-15(12)9-16(11-22-14(3)24)21-26-19(4,5)20(6,7)27-21/h8-10,25H,11H2,1-7H3,(H,22,24). The second kappa shape index (κ2) is 7.48. The Morgan fingerprint density at radius 2 is 1.70 bits per heavy atom. The molecule has 0 aromatic heterocycles. The van der Waals surface area contributed by atoms with Crippen molar-refractivity contribution in [2.24, 2.45) is 0 Å². The van der Waals surface area contributed by atoms with E-state index in [-0.39, 0.29) is 29.5 Å². The summed E-state index contributed by atoms with van der Waals surface area (Å²) >= 11 is 0. The summed E-state index contributed by atoms with van der Waals surface area (Å²) in [5.74, 6) is -0.438. The van der Waals surface area contributed by atoms with E-state index in [1.165, 1.54) is 13.8 Å². The average Bonchev–Trinajstić information content (AvgIpc) is 2.74. The Hall–Kier alpha value is -2.12. The minimum atomic E-state index is -0.629. The Labute approximate surface area is 161 Å². The predicted molar refractivity (Wildman–Crippen MR) is 106 cm³/mol. The van der Waals surface area contributed by atoms with Crippen molar-refractivity contribution < 1.29 is 24.0 Å². The maximum atomic E-state index is 11.6. The van der Waals surface area contributed by atoms with Gasteiger partial charge in [-0.05, 0) is 70.3 Å². The number of hydrogen-bond acceptors (Lipinski definition) is 5. The van der Waals surface area contributed by atoms with Gasteiger partial charge >= 0.3 is 7.12 Å². The number of carbonyl (C=O) groups is 2. The van der Waals surface area contributed by atoms with Gasteiger partial charge < -0.3 is 19.7 Å². The number of benzene rings is 1. The zero-order valence-electron chi connectivity index (χ0n) is 17.1. The second-order valence-electron chi connectivity index (χ2n) is 8.00. The lowest BCUT2D eigenvalue weighted by Gasteiger charge is -2.32. The summed E-state index contributed by atoms with van der Waals surface area (Å²) in [6.45, 7) is 12.8. The fourth-order valence-electron chi connectivity index (χ4n) is 2.77. The van der Waals surface area contributed by atoms with Crippen LogP contribution >= 0.6 is 0 Å². The molecule has 0 saturated carbocycles. The lowest BCUT2D eigenvalue weighted by molar-refractivity contribution is -0.118. The van der Waals surface area contributed by atoms with E-state index >= 15 is 0 Å². The van der Waals surface area contributed by atoms with Crippen LogP contribution in [0.15, 0.2) is 17.6 Å². The zero-order valence-corrected chi connectivity index (χ0v) is 17.1. The fourth-order valence-corrected chi connectivity index (χ4v) is 2.77. The summed E-state index contributed by atoms with van der Waals surface area (Å²) in [7, 11) is -0.629. The highest BCUT2D eigenvalue weighted by atomic mass is 16.7. The topological polar surface area (TPSA) is 84.9 Å². The number of phenolic OH excluding ortho intramolecular Hbond substituents is 1. The van der Waals surface area contributed by atoms with Gasteiger partial charge in [-0.15, -0.1) is 0 Å². The quantitative estimate of drug-likeness (QED) is 0.612. The molecule has 2 rings (SSSR count). The summed E-state index contributed by atoms with van der Waals surface area (Å²) in [4.78, 5) is 23.0. The number of aryl methyl sites for hydroxylation is 1. The lowest BCUT2D eigenvalue weighted by atomic mass is 9.76. The smallest absolute Gasteiger partial charge is 0.492 e. The van der Waals surface area contributed by atoms with E-state index in [0.29, 0.717) is 0 Å². The number of aromatic hydroxyl groups is 1. The van der Waals surface area contributed by atoms with E-state index in [2.05, 4.69) is 5.32 Å². The molecule has 0 bridgehead atoms. The molecule has 0 aliphatic carbocycles. The van der Waals surface area contributed by atoms with Crippen LogP contribution in [0.1, 0.15) is 63.0 Å². The third kappa shape index (κ3) is 4.60. The average molecular weight is 373 g/mol. The summed E-state index contributed by atoms with van der Waals surface area (Å²) < 4.78 is 12.2. The van der Waals surface area contributed by atoms with E-state index < -0.39 is 18.3 Å². The monoisotopic (exact) mass is 373 g/mol. The molecule has 0 radical (unpaired) electrons. The van der Waals surface area contributed by atoms with Crippen LogP contribution in [0, 0.1) is 6.92 Å². The molecule has 1 aliphatic rings. The summed E-state index contributed by atoms with van der Waals surface area (Å²) in [5, 5.41) is 12.9. The highest BCUT2D eigenvalue weighted by Crippen LogP contribution is 2.39. The molecule has 1 aromatic rings. The Balaban J connectivity index is 2.44. The molecule has 7 heteroatoms. The fraction of sp³-hybridized carbons (Fsp3) is 0.500. The van der Waals surface area contributed by atoms with E-state index in [1.807, 2.05) is 40.7 Å². The van der Waals surface area contributed by atoms with E-state index in [1.54, 1.807) is 12.1 Å². The van der Waals surface area contributed by atoms with Crippen LogP contribution in [0.5, 0.6) is 5.75 Å². The van der Waals surface area contributed by atoms with Crippen molar-refractivity contribution in [3.8, 4) is 5.75 Å². The van der Waals surface area contributed by atoms with Gasteiger partial charge in [0.05, 0.1) is 16.8 Å². The van der Waals surface area contributed by atoms with Crippen LogP contribution in [-0.2, 0) is 14.1 Å². The number of amides is 1. The van der Waals surface area contributed by atoms with Crippen LogP contribution in [-0.4, -0.2) is 41.7 Å². The first-order valence-electron chi connectivity index (χ1n) is 8.99. The molecule has 2 N–H and O–H groups in total. The summed E-state index contributed by atoms with van der Waals surface area (Å²) in [5.41, 5.74) is 1.54. The molecular formula is C20H28BNO5. The largest absolute Gasteiger partial charge is 0.507 e. The highest BCUT2D eigenvalue weighted by Gasteiger charge is 2.52. The number of carbonyl (C=O) groups excluding carboxylic acids is 2. The van der Waals surface area contributed by atoms with Gasteiger partial charge in [-0.2, -0.15) is 0 Å². The lowest BCUT2D eigenvalue weighted by Crippen LogP contribution is -2.41. The van der Waals surface area contributed by atoms with Gasteiger partial charge in [0, 0.05) is 13.5 Å². The van der Waals surface area contributed by atoms with Gasteiger partial charge in [0.25, 0.3) is 0 Å². The normalized spacial score (nSPS) is 18.5. The molecule has 0 unspecified atom stereocenters. The van der Waals surface area contributed by atoms with Crippen molar-refractivity contribution in [1.82, 2.24) is 5.32 Å². The third-order valence-electron chi connectivity index (χ3n) is 5.20. The predicted octanol–water partition coefficient (Wildman–Crippen LogP) is 3.05. The molecule has 0 atom stereocenters. The SMILES string of the molecule is CC(=O)NCC(=Cc1cc(O)c(C(C)=O)cc1C)B1OC(C)(C)C(C)(C)O1. The maximum Gasteiger partial charge on any atom is 0.492 e. The van der Waals surface area contributed by atoms with Gasteiger partial charge in [-0.1, -0.05) is 6.08 Å². The van der Waals surface area contributed by atoms with Crippen molar-refractivity contribution in [2.75, 3.05) is 6.54 Å². The number of ketones is 1. The van der Waals surface area contributed by atoms with Gasteiger partial charge in [-0.3, -0.25) is 9.59 Å². The van der Waals surface area contributed by atoms with Crippen molar-refractivity contribution >= 4 is 24.9 Å². The number of phenols is 1. The molecule has 27 heavy (non-hydrogen) atoms. The molecule has 6 nitrogen and oxygen atoms in total. The number of rotatable bonds is 5. The Morgan fingerprint density at radius 3 is 2.19 bits per heavy atom. The number of hydrogen-bond donors (Lipinski definition) is 2. The molecule has 1 aliphatic heterocycles. The molecule has 1 saturated heterocycles. The van der Waals surface area contributed by atoms with Crippen LogP contribution in [0.2, 0.25) is 0 Å². The minimum Gasteiger partial charge on any atom is -0.507 e. The van der Waals surface area contributed by atoms with E-state index in [0.717, 1.165) is 16.6 Å². The van der Waals surface area contributed by atoms with Crippen molar-refractivity contribution in [1.29, 1.82) is 0 Å². The zero-order chi connectivity index (χ0) is 20.6. The molecule has 1 aromatic carbocycles. The number of Topliss-reactive ketones (excluding diaryl/α,β-unsaturated/α-hetero) is 1. The summed E-state index contributed by atoms with van der Waals surface area (Å²) in [6, 6.07) is 3.20. The molecule has 1 heterocycles. The van der Waals surface area contributed by atoms with Crippen LogP contribution in [0.4, 0.5) is 0 Å². The van der Waals surface area contributed by atoms with Gasteiger partial charge in [0.2, 0.25) is 5.91 Å². The van der Waals surface area contributed by atoms with Crippen molar-refractivity contribution in [2.45, 2.75) is 59.7 Å². The second-order valence-corrected chi connectivity index (χ2v) is 8.00. The van der Waals surface area contributed by atoms with Gasteiger partial charge in [-0.25, -0.2) is 0 Å². The highest BCUT2D eigenvalue weighted by molar-refractivity contribution is 6.56. The van der Waals surface area contributed by atoms with Crippen molar-refractivity contribution in [3.63, 3.8) is 0 Å². The van der Waals surface area contributed by atoms with Crippen LogP contribution < -0.4 is 5.32 Å². The Morgan fingerprint density at radius 1 is 1.15 bits per heavy atom. The molecule has 0 spiro atoms. The molecular weight excluding hydrogens is 345 g/mol. The van der Waals surface area contributed by atoms with Crippen LogP contribution in [0.25, 0.3) is 6.08 Å². The van der Waals surface area contributed by atoms with Gasteiger partial charge in [0.15, 0.2) is 5.78 Å². The first-order chi connectivity index (χ1) is 12.3. The van der Waals surface area contributed by atoms with Crippen LogP contribution in [0.3, 0.4) is 0 Å². The Bertz CT molecular complexity index is 782. The maximum absolute atomic E-state index is 11.6. The molecule has 1 amide bonds. The summed E-state index contributed by atoms with van der Waals surface area (Å²) in [6.07, 6.45) is 1.83.